The maximum Gasteiger partial charge on any atom is 0.318 e. The molecule has 3 rings (SSSR count). The van der Waals surface area contributed by atoms with E-state index in [0.717, 1.165) is 22.5 Å². The van der Waals surface area contributed by atoms with Crippen LogP contribution in [0.1, 0.15) is 10.6 Å². The molecular formula is C14H12ClN3O2S2. The molecule has 0 unspecified atom stereocenters. The molecular weight excluding hydrogens is 342 g/mol. The topological polar surface area (TPSA) is 60.4 Å². The third kappa shape index (κ3) is 3.11. The number of rotatable bonds is 4. The van der Waals surface area contributed by atoms with E-state index in [1.165, 1.54) is 23.6 Å². The molecule has 0 spiro atoms. The van der Waals surface area contributed by atoms with Gasteiger partial charge in [-0.2, -0.15) is 16.8 Å². The van der Waals surface area contributed by atoms with Crippen molar-refractivity contribution in [3.8, 4) is 0 Å². The Kier molecular flexibility index (Phi) is 4.66. The zero-order chi connectivity index (χ0) is 15.5. The van der Waals surface area contributed by atoms with Crippen molar-refractivity contribution in [1.29, 1.82) is 0 Å². The minimum absolute atomic E-state index is 0.131. The van der Waals surface area contributed by atoms with Gasteiger partial charge in [0.2, 0.25) is 5.76 Å². The summed E-state index contributed by atoms with van der Waals surface area (Å²) < 4.78 is 7.89. The van der Waals surface area contributed by atoms with Crippen molar-refractivity contribution >= 4 is 50.8 Å². The number of aromatic nitrogens is 2. The van der Waals surface area contributed by atoms with Gasteiger partial charge >= 0.3 is 5.91 Å². The van der Waals surface area contributed by atoms with E-state index in [4.69, 9.17) is 16.1 Å². The Balaban J connectivity index is 2.12. The van der Waals surface area contributed by atoms with E-state index in [9.17, 15) is 4.79 Å². The third-order valence-corrected chi connectivity index (χ3v) is 4.88. The van der Waals surface area contributed by atoms with Crippen LogP contribution in [-0.2, 0) is 6.54 Å². The highest BCUT2D eigenvalue weighted by molar-refractivity contribution is 7.98. The summed E-state index contributed by atoms with van der Waals surface area (Å²) in [5.74, 6) is 0.623. The number of fused-ring (bicyclic) bond motifs is 1. The maximum absolute atomic E-state index is 12.1. The largest absolute Gasteiger partial charge is 0.351 e. The standard InChI is InChI=1S/C14H12ClN3O2S2/c1-21-7-6-18-10-3-2-9(15)8-12(10)22-14(18)17-13(19)11-4-5-16-20-11/h2-5,8H,6-7H2,1H3. The lowest BCUT2D eigenvalue weighted by atomic mass is 10.3. The highest BCUT2D eigenvalue weighted by Crippen LogP contribution is 2.22. The van der Waals surface area contributed by atoms with E-state index in [0.29, 0.717) is 9.82 Å². The highest BCUT2D eigenvalue weighted by Gasteiger charge is 2.11. The van der Waals surface area contributed by atoms with Gasteiger partial charge in [-0.25, -0.2) is 0 Å². The van der Waals surface area contributed by atoms with E-state index in [1.54, 1.807) is 11.8 Å². The number of thiazole rings is 1. The SMILES string of the molecule is CSCCn1c(=NC(=O)c2ccno2)sc2cc(Cl)ccc21. The van der Waals surface area contributed by atoms with Crippen LogP contribution in [0.2, 0.25) is 5.02 Å². The number of hydrogen-bond donors (Lipinski definition) is 0. The molecule has 0 aliphatic carbocycles. The van der Waals surface area contributed by atoms with Gasteiger partial charge in [-0.05, 0) is 24.5 Å². The van der Waals surface area contributed by atoms with Crippen LogP contribution in [0.3, 0.4) is 0 Å². The van der Waals surface area contributed by atoms with Gasteiger partial charge in [0.15, 0.2) is 4.80 Å². The van der Waals surface area contributed by atoms with Crippen molar-refractivity contribution < 1.29 is 9.32 Å². The number of amides is 1. The minimum Gasteiger partial charge on any atom is -0.351 e. The van der Waals surface area contributed by atoms with Crippen molar-refractivity contribution in [2.24, 2.45) is 4.99 Å². The van der Waals surface area contributed by atoms with Crippen LogP contribution in [0.4, 0.5) is 0 Å². The number of hydrogen-bond acceptors (Lipinski definition) is 5. The number of benzene rings is 1. The monoisotopic (exact) mass is 353 g/mol. The van der Waals surface area contributed by atoms with Crippen LogP contribution in [0.15, 0.2) is 40.0 Å². The molecule has 114 valence electrons. The molecule has 0 aliphatic rings. The van der Waals surface area contributed by atoms with Crippen LogP contribution < -0.4 is 4.80 Å². The molecule has 0 N–H and O–H groups in total. The Morgan fingerprint density at radius 3 is 3.09 bits per heavy atom. The number of thioether (sulfide) groups is 1. The molecule has 0 saturated carbocycles. The molecule has 8 heteroatoms. The molecule has 3 aromatic rings. The lowest BCUT2D eigenvalue weighted by Gasteiger charge is -2.03. The van der Waals surface area contributed by atoms with Crippen molar-refractivity contribution in [1.82, 2.24) is 9.72 Å². The number of carbonyl (C=O) groups is 1. The predicted octanol–water partition coefficient (Wildman–Crippen LogP) is 3.45. The summed E-state index contributed by atoms with van der Waals surface area (Å²) in [5.41, 5.74) is 1.02. The zero-order valence-electron chi connectivity index (χ0n) is 11.7. The van der Waals surface area contributed by atoms with Crippen molar-refractivity contribution in [2.45, 2.75) is 6.54 Å². The van der Waals surface area contributed by atoms with Crippen molar-refractivity contribution in [3.05, 3.63) is 46.0 Å². The van der Waals surface area contributed by atoms with E-state index in [-0.39, 0.29) is 5.76 Å². The molecule has 0 saturated heterocycles. The van der Waals surface area contributed by atoms with Gasteiger partial charge in [0, 0.05) is 23.4 Å². The summed E-state index contributed by atoms with van der Waals surface area (Å²) in [5, 5.41) is 4.20. The number of carbonyl (C=O) groups excluding carboxylic acids is 1. The third-order valence-electron chi connectivity index (χ3n) is 3.01. The molecule has 1 amide bonds. The summed E-state index contributed by atoms with van der Waals surface area (Å²) in [6.45, 7) is 0.769. The molecule has 5 nitrogen and oxygen atoms in total. The fraction of sp³-hybridized carbons (Fsp3) is 0.214. The van der Waals surface area contributed by atoms with E-state index >= 15 is 0 Å². The van der Waals surface area contributed by atoms with Crippen LogP contribution in [0.25, 0.3) is 10.2 Å². The van der Waals surface area contributed by atoms with E-state index < -0.39 is 5.91 Å². The Morgan fingerprint density at radius 1 is 1.50 bits per heavy atom. The molecule has 2 heterocycles. The predicted molar refractivity (Wildman–Crippen MR) is 89.6 cm³/mol. The summed E-state index contributed by atoms with van der Waals surface area (Å²) in [6.07, 6.45) is 3.47. The van der Waals surface area contributed by atoms with Crippen molar-refractivity contribution in [3.63, 3.8) is 0 Å². The van der Waals surface area contributed by atoms with E-state index in [2.05, 4.69) is 10.1 Å². The second-order valence-electron chi connectivity index (χ2n) is 4.43. The van der Waals surface area contributed by atoms with Gasteiger partial charge in [-0.3, -0.25) is 4.79 Å². The quantitative estimate of drug-likeness (QED) is 0.720. The van der Waals surface area contributed by atoms with Crippen LogP contribution in [0, 0.1) is 0 Å². The highest BCUT2D eigenvalue weighted by atomic mass is 35.5. The average molecular weight is 354 g/mol. The first-order valence-electron chi connectivity index (χ1n) is 6.46. The van der Waals surface area contributed by atoms with Gasteiger partial charge in [0.25, 0.3) is 0 Å². The molecule has 0 aliphatic heterocycles. The summed E-state index contributed by atoms with van der Waals surface area (Å²) in [4.78, 5) is 16.9. The van der Waals surface area contributed by atoms with Gasteiger partial charge < -0.3 is 9.09 Å². The Morgan fingerprint density at radius 2 is 2.36 bits per heavy atom. The minimum atomic E-state index is -0.437. The summed E-state index contributed by atoms with van der Waals surface area (Å²) in [6, 6.07) is 7.18. The lowest BCUT2D eigenvalue weighted by molar-refractivity contribution is 0.0962. The Hall–Kier alpha value is -1.57. The molecule has 0 bridgehead atoms. The van der Waals surface area contributed by atoms with Crippen LogP contribution in [0.5, 0.6) is 0 Å². The molecule has 22 heavy (non-hydrogen) atoms. The first kappa shape index (κ1) is 15.3. The van der Waals surface area contributed by atoms with Crippen molar-refractivity contribution in [2.75, 3.05) is 12.0 Å². The number of nitrogens with zero attached hydrogens (tertiary/aromatic N) is 3. The second-order valence-corrected chi connectivity index (χ2v) is 6.87. The molecule has 0 radical (unpaired) electrons. The lowest BCUT2D eigenvalue weighted by Crippen LogP contribution is -2.18. The van der Waals surface area contributed by atoms with Crippen LogP contribution >= 0.6 is 34.7 Å². The summed E-state index contributed by atoms with van der Waals surface area (Å²) in [7, 11) is 0. The molecule has 0 atom stereocenters. The van der Waals surface area contributed by atoms with Gasteiger partial charge in [-0.1, -0.05) is 28.1 Å². The molecule has 2 aromatic heterocycles. The molecule has 0 fully saturated rings. The average Bonchev–Trinajstić information content (AvgIpc) is 3.12. The molecule has 1 aromatic carbocycles. The number of aryl methyl sites for hydroxylation is 1. The first-order chi connectivity index (χ1) is 10.7. The fourth-order valence-electron chi connectivity index (χ4n) is 2.00. The maximum atomic E-state index is 12.1. The second kappa shape index (κ2) is 6.68. The normalized spacial score (nSPS) is 12.2. The van der Waals surface area contributed by atoms with E-state index in [1.807, 2.05) is 29.0 Å². The summed E-state index contributed by atoms with van der Waals surface area (Å²) >= 11 is 9.22. The zero-order valence-corrected chi connectivity index (χ0v) is 14.0. The Labute approximate surface area is 139 Å². The first-order valence-corrected chi connectivity index (χ1v) is 9.05. The van der Waals surface area contributed by atoms with Crippen LogP contribution in [-0.4, -0.2) is 27.6 Å². The van der Waals surface area contributed by atoms with Gasteiger partial charge in [-0.15, -0.1) is 0 Å². The van der Waals surface area contributed by atoms with Gasteiger partial charge in [0.05, 0.1) is 16.4 Å². The number of halogens is 1. The fourth-order valence-corrected chi connectivity index (χ4v) is 3.69. The van der Waals surface area contributed by atoms with Gasteiger partial charge in [0.1, 0.15) is 0 Å². The smallest absolute Gasteiger partial charge is 0.318 e. The Bertz CT molecular complexity index is 868.